The summed E-state index contributed by atoms with van der Waals surface area (Å²) in [5, 5.41) is 12.0. The molecular formula is C20H30O2. The molecule has 122 valence electrons. The molecule has 0 saturated heterocycles. The summed E-state index contributed by atoms with van der Waals surface area (Å²) in [5.74, 6) is 0.926. The third-order valence-electron chi connectivity index (χ3n) is 8.35. The van der Waals surface area contributed by atoms with Crippen molar-refractivity contribution in [3.05, 3.63) is 12.2 Å². The fraction of sp³-hybridized carbons (Fsp3) is 0.850. The van der Waals surface area contributed by atoms with Crippen molar-refractivity contribution < 1.29 is 9.90 Å². The normalized spacial score (nSPS) is 53.1. The van der Waals surface area contributed by atoms with Crippen molar-refractivity contribution in [3.8, 4) is 0 Å². The maximum atomic E-state index is 13.1. The minimum atomic E-state index is -1.11. The number of fused-ring (bicyclic) bond motifs is 3. The van der Waals surface area contributed by atoms with E-state index in [0.717, 1.165) is 32.1 Å². The highest BCUT2D eigenvalue weighted by Crippen LogP contribution is 2.72. The van der Waals surface area contributed by atoms with Crippen molar-refractivity contribution in [1.82, 2.24) is 0 Å². The Morgan fingerprint density at radius 1 is 1.18 bits per heavy atom. The maximum Gasteiger partial charge on any atom is 0.166 e. The van der Waals surface area contributed by atoms with E-state index >= 15 is 0 Å². The van der Waals surface area contributed by atoms with Crippen molar-refractivity contribution in [2.75, 3.05) is 0 Å². The van der Waals surface area contributed by atoms with Crippen LogP contribution in [0.1, 0.15) is 72.1 Å². The van der Waals surface area contributed by atoms with Gasteiger partial charge in [-0.25, -0.2) is 0 Å². The van der Waals surface area contributed by atoms with Crippen LogP contribution in [-0.2, 0) is 4.79 Å². The first-order valence-corrected chi connectivity index (χ1v) is 9.10. The zero-order valence-electron chi connectivity index (χ0n) is 14.4. The molecule has 2 bridgehead atoms. The van der Waals surface area contributed by atoms with Gasteiger partial charge in [-0.15, -0.1) is 0 Å². The molecule has 4 saturated carbocycles. The molecule has 0 heterocycles. The van der Waals surface area contributed by atoms with Crippen molar-refractivity contribution in [1.29, 1.82) is 0 Å². The van der Waals surface area contributed by atoms with Crippen LogP contribution in [0.15, 0.2) is 12.2 Å². The molecule has 4 rings (SSSR count). The van der Waals surface area contributed by atoms with Gasteiger partial charge in [0.25, 0.3) is 0 Å². The minimum Gasteiger partial charge on any atom is -0.381 e. The summed E-state index contributed by atoms with van der Waals surface area (Å²) in [7, 11) is 0. The molecule has 2 heteroatoms. The molecule has 0 aromatic heterocycles. The van der Waals surface area contributed by atoms with Crippen LogP contribution in [0.4, 0.5) is 0 Å². The third kappa shape index (κ3) is 1.44. The van der Waals surface area contributed by atoms with Crippen molar-refractivity contribution >= 4 is 5.78 Å². The Kier molecular flexibility index (Phi) is 2.76. The molecule has 5 unspecified atom stereocenters. The van der Waals surface area contributed by atoms with Crippen LogP contribution in [-0.4, -0.2) is 16.5 Å². The highest BCUT2D eigenvalue weighted by atomic mass is 16.3. The molecule has 0 aliphatic heterocycles. The van der Waals surface area contributed by atoms with Gasteiger partial charge in [-0.3, -0.25) is 4.79 Å². The van der Waals surface area contributed by atoms with E-state index in [-0.39, 0.29) is 22.0 Å². The van der Waals surface area contributed by atoms with Crippen LogP contribution in [0, 0.1) is 28.1 Å². The Hall–Kier alpha value is -0.630. The second-order valence-electron chi connectivity index (χ2n) is 9.70. The molecule has 1 N–H and O–H groups in total. The fourth-order valence-corrected chi connectivity index (χ4v) is 7.41. The van der Waals surface area contributed by atoms with Crippen LogP contribution in [0.5, 0.6) is 0 Å². The van der Waals surface area contributed by atoms with Gasteiger partial charge >= 0.3 is 0 Å². The third-order valence-corrected chi connectivity index (χ3v) is 8.35. The van der Waals surface area contributed by atoms with Gasteiger partial charge in [0.2, 0.25) is 0 Å². The number of carbonyl (C=O) groups is 1. The van der Waals surface area contributed by atoms with Gasteiger partial charge < -0.3 is 5.11 Å². The lowest BCUT2D eigenvalue weighted by Gasteiger charge is -2.66. The molecular weight excluding hydrogens is 272 g/mol. The Balaban J connectivity index is 1.88. The number of rotatable bonds is 0. The molecule has 22 heavy (non-hydrogen) atoms. The largest absolute Gasteiger partial charge is 0.381 e. The predicted octanol–water partition coefficient (Wildman–Crippen LogP) is 4.27. The lowest BCUT2D eigenvalue weighted by atomic mass is 9.39. The number of hydrogen-bond donors (Lipinski definition) is 1. The van der Waals surface area contributed by atoms with E-state index in [9.17, 15) is 9.90 Å². The number of carbonyl (C=O) groups excluding carboxylic acids is 1. The van der Waals surface area contributed by atoms with E-state index in [4.69, 9.17) is 0 Å². The van der Waals surface area contributed by atoms with Crippen molar-refractivity contribution in [2.45, 2.75) is 77.7 Å². The summed E-state index contributed by atoms with van der Waals surface area (Å²) >= 11 is 0. The van der Waals surface area contributed by atoms with Crippen LogP contribution >= 0.6 is 0 Å². The lowest BCUT2D eigenvalue weighted by Crippen LogP contribution is -2.71. The van der Waals surface area contributed by atoms with Crippen LogP contribution in [0.3, 0.4) is 0 Å². The minimum absolute atomic E-state index is 0.132. The molecule has 1 spiro atoms. The Bertz CT molecular complexity index is 562. The summed E-state index contributed by atoms with van der Waals surface area (Å²) in [5.41, 5.74) is -0.114. The molecule has 4 aliphatic rings. The van der Waals surface area contributed by atoms with Gasteiger partial charge in [0, 0.05) is 17.3 Å². The number of hydrogen-bond acceptors (Lipinski definition) is 2. The highest BCUT2D eigenvalue weighted by Gasteiger charge is 2.74. The standard InChI is InChI=1S/C20H30O2/c1-13-11-19-9-6-15-17(2,3)7-5-8-18(15,4)20(19,22)16(21)10-14(13)12-19/h14-15,22H,1,5-12H2,2-4H3. The quantitative estimate of drug-likeness (QED) is 0.679. The average Bonchev–Trinajstić information content (AvgIpc) is 2.68. The summed E-state index contributed by atoms with van der Waals surface area (Å²) in [4.78, 5) is 13.1. The molecule has 5 atom stereocenters. The maximum absolute atomic E-state index is 13.1. The SMILES string of the molecule is C=C1CC23CCC4C(C)(C)CCCC4(C)C2(O)C(=O)CC1C3. The second kappa shape index (κ2) is 4.06. The molecule has 2 nitrogen and oxygen atoms in total. The van der Waals surface area contributed by atoms with E-state index < -0.39 is 5.60 Å². The van der Waals surface area contributed by atoms with Crippen LogP contribution in [0.2, 0.25) is 0 Å². The Labute approximate surface area is 134 Å². The average molecular weight is 302 g/mol. The molecule has 0 radical (unpaired) electrons. The topological polar surface area (TPSA) is 37.3 Å². The number of aliphatic hydroxyl groups is 1. The van der Waals surface area contributed by atoms with E-state index in [2.05, 4.69) is 27.4 Å². The second-order valence-corrected chi connectivity index (χ2v) is 9.70. The van der Waals surface area contributed by atoms with Crippen LogP contribution in [0.25, 0.3) is 0 Å². The Morgan fingerprint density at radius 3 is 2.64 bits per heavy atom. The van der Waals surface area contributed by atoms with Gasteiger partial charge in [-0.05, 0) is 55.8 Å². The molecule has 0 aromatic carbocycles. The number of allylic oxidation sites excluding steroid dienone is 1. The summed E-state index contributed by atoms with van der Waals surface area (Å²) in [6.07, 6.45) is 7.94. The van der Waals surface area contributed by atoms with E-state index in [0.29, 0.717) is 18.3 Å². The highest BCUT2D eigenvalue weighted by molar-refractivity contribution is 5.91. The van der Waals surface area contributed by atoms with Gasteiger partial charge in [-0.1, -0.05) is 39.3 Å². The summed E-state index contributed by atoms with van der Waals surface area (Å²) in [6, 6.07) is 0. The van der Waals surface area contributed by atoms with Crippen molar-refractivity contribution in [2.24, 2.45) is 28.1 Å². The Morgan fingerprint density at radius 2 is 1.91 bits per heavy atom. The van der Waals surface area contributed by atoms with Crippen molar-refractivity contribution in [3.63, 3.8) is 0 Å². The first kappa shape index (κ1) is 14.9. The van der Waals surface area contributed by atoms with E-state index in [1.807, 2.05) is 0 Å². The number of Topliss-reactive ketones (excluding diaryl/α,β-unsaturated/α-hetero) is 1. The van der Waals surface area contributed by atoms with E-state index in [1.54, 1.807) is 0 Å². The molecule has 0 amide bonds. The van der Waals surface area contributed by atoms with E-state index in [1.165, 1.54) is 18.4 Å². The smallest absolute Gasteiger partial charge is 0.166 e. The zero-order valence-corrected chi connectivity index (χ0v) is 14.4. The van der Waals surface area contributed by atoms with Gasteiger partial charge in [0.15, 0.2) is 5.78 Å². The monoisotopic (exact) mass is 302 g/mol. The van der Waals surface area contributed by atoms with Gasteiger partial charge in [0.1, 0.15) is 5.60 Å². The number of ketones is 1. The predicted molar refractivity (Wildman–Crippen MR) is 87.3 cm³/mol. The molecule has 4 fully saturated rings. The molecule has 4 aliphatic carbocycles. The van der Waals surface area contributed by atoms with Crippen LogP contribution < -0.4 is 0 Å². The summed E-state index contributed by atoms with van der Waals surface area (Å²) < 4.78 is 0. The zero-order chi connectivity index (χ0) is 16.0. The first-order valence-electron chi connectivity index (χ1n) is 9.10. The van der Waals surface area contributed by atoms with Gasteiger partial charge in [0.05, 0.1) is 0 Å². The summed E-state index contributed by atoms with van der Waals surface area (Å²) in [6.45, 7) is 11.2. The fourth-order valence-electron chi connectivity index (χ4n) is 7.41. The van der Waals surface area contributed by atoms with Gasteiger partial charge in [-0.2, -0.15) is 0 Å². The lowest BCUT2D eigenvalue weighted by molar-refractivity contribution is -0.244. The molecule has 0 aromatic rings. The first-order chi connectivity index (χ1) is 10.2.